The van der Waals surface area contributed by atoms with Crippen molar-refractivity contribution in [3.8, 4) is 0 Å². The fourth-order valence-corrected chi connectivity index (χ4v) is 1.03. The first kappa shape index (κ1) is 10.7. The fourth-order valence-electron chi connectivity index (χ4n) is 1.03. The van der Waals surface area contributed by atoms with Crippen LogP contribution in [0.3, 0.4) is 0 Å². The summed E-state index contributed by atoms with van der Waals surface area (Å²) in [4.78, 5) is 11.2. The zero-order valence-electron chi connectivity index (χ0n) is 7.72. The highest BCUT2D eigenvalue weighted by Gasteiger charge is 2.16. The molecule has 4 nitrogen and oxygen atoms in total. The molecular weight excluding hydrogens is 182 g/mol. The Morgan fingerprint density at radius 3 is 2.64 bits per heavy atom. The Bertz CT molecular complexity index is 287. The predicted molar refractivity (Wildman–Crippen MR) is 51.4 cm³/mol. The molecule has 0 fully saturated rings. The van der Waals surface area contributed by atoms with E-state index in [1.807, 2.05) is 6.07 Å². The Morgan fingerprint density at radius 1 is 1.43 bits per heavy atom. The summed E-state index contributed by atoms with van der Waals surface area (Å²) in [5.41, 5.74) is 6.33. The molecule has 0 amide bonds. The number of aliphatic hydroxyl groups is 1. The molecule has 76 valence electrons. The molecule has 1 unspecified atom stereocenters. The maximum absolute atomic E-state index is 11.2. The number of hydrogen-bond acceptors (Lipinski definition) is 4. The molecule has 1 atom stereocenters. The maximum atomic E-state index is 11.2. The lowest BCUT2D eigenvalue weighted by atomic mass is 10.1. The highest BCUT2D eigenvalue weighted by Crippen LogP contribution is 2.10. The van der Waals surface area contributed by atoms with Crippen LogP contribution in [0.2, 0.25) is 0 Å². The molecule has 0 saturated carbocycles. The van der Waals surface area contributed by atoms with Gasteiger partial charge in [-0.15, -0.1) is 0 Å². The molecule has 3 N–H and O–H groups in total. The Balaban J connectivity index is 2.57. The monoisotopic (exact) mass is 195 g/mol. The third-order valence-electron chi connectivity index (χ3n) is 1.75. The van der Waals surface area contributed by atoms with Crippen LogP contribution in [0.25, 0.3) is 0 Å². The van der Waals surface area contributed by atoms with Gasteiger partial charge in [0.2, 0.25) is 0 Å². The van der Waals surface area contributed by atoms with E-state index in [0.717, 1.165) is 0 Å². The van der Waals surface area contributed by atoms with Crippen molar-refractivity contribution in [3.63, 3.8) is 0 Å². The highest BCUT2D eigenvalue weighted by molar-refractivity contribution is 5.77. The van der Waals surface area contributed by atoms with Crippen LogP contribution in [0.15, 0.2) is 30.3 Å². The lowest BCUT2D eigenvalue weighted by molar-refractivity contribution is -0.146. The molecule has 1 rings (SSSR count). The van der Waals surface area contributed by atoms with Crippen LogP contribution in [-0.4, -0.2) is 24.3 Å². The van der Waals surface area contributed by atoms with Crippen LogP contribution < -0.4 is 5.73 Å². The Labute approximate surface area is 82.3 Å². The second-order valence-corrected chi connectivity index (χ2v) is 2.78. The summed E-state index contributed by atoms with van der Waals surface area (Å²) in [5.74, 6) is -0.523. The van der Waals surface area contributed by atoms with E-state index in [4.69, 9.17) is 15.6 Å². The van der Waals surface area contributed by atoms with Gasteiger partial charge in [-0.3, -0.25) is 0 Å². The van der Waals surface area contributed by atoms with Gasteiger partial charge in [0.1, 0.15) is 12.6 Å². The van der Waals surface area contributed by atoms with Gasteiger partial charge in [0.15, 0.2) is 0 Å². The van der Waals surface area contributed by atoms with Crippen molar-refractivity contribution in [1.82, 2.24) is 0 Å². The molecule has 0 bridgehead atoms. The van der Waals surface area contributed by atoms with E-state index < -0.39 is 12.0 Å². The minimum atomic E-state index is -0.775. The first-order valence-corrected chi connectivity index (χ1v) is 4.33. The van der Waals surface area contributed by atoms with Gasteiger partial charge in [0, 0.05) is 0 Å². The molecule has 1 aromatic rings. The minimum Gasteiger partial charge on any atom is -0.462 e. The number of hydrogen-bond donors (Lipinski definition) is 2. The smallest absolute Gasteiger partial charge is 0.327 e. The zero-order valence-corrected chi connectivity index (χ0v) is 7.72. The standard InChI is InChI=1S/C10H13NO3/c11-9(10(13)14-7-6-12)8-4-2-1-3-5-8/h1-5,9,12H,6-7,11H2. The van der Waals surface area contributed by atoms with E-state index in [0.29, 0.717) is 5.56 Å². The third kappa shape index (κ3) is 2.83. The Hall–Kier alpha value is -1.39. The summed E-state index contributed by atoms with van der Waals surface area (Å²) in [5, 5.41) is 8.45. The van der Waals surface area contributed by atoms with Gasteiger partial charge >= 0.3 is 5.97 Å². The summed E-state index contributed by atoms with van der Waals surface area (Å²) in [7, 11) is 0. The van der Waals surface area contributed by atoms with Gasteiger partial charge in [-0.05, 0) is 5.56 Å². The van der Waals surface area contributed by atoms with Crippen LogP contribution in [0.5, 0.6) is 0 Å². The van der Waals surface area contributed by atoms with E-state index in [1.165, 1.54) is 0 Å². The molecule has 0 saturated heterocycles. The normalized spacial score (nSPS) is 12.1. The SMILES string of the molecule is NC(C(=O)OCCO)c1ccccc1. The largest absolute Gasteiger partial charge is 0.462 e. The van der Waals surface area contributed by atoms with Crippen molar-refractivity contribution in [3.05, 3.63) is 35.9 Å². The van der Waals surface area contributed by atoms with Gasteiger partial charge in [0.25, 0.3) is 0 Å². The quantitative estimate of drug-likeness (QED) is 0.674. The number of ether oxygens (including phenoxy) is 1. The van der Waals surface area contributed by atoms with Gasteiger partial charge < -0.3 is 15.6 Å². The molecule has 1 aromatic carbocycles. The van der Waals surface area contributed by atoms with E-state index in [9.17, 15) is 4.79 Å². The number of carbonyl (C=O) groups excluding carboxylic acids is 1. The van der Waals surface area contributed by atoms with Crippen molar-refractivity contribution >= 4 is 5.97 Å². The van der Waals surface area contributed by atoms with Gasteiger partial charge in [0.05, 0.1) is 6.61 Å². The molecule has 0 aliphatic rings. The maximum Gasteiger partial charge on any atom is 0.327 e. The molecule has 14 heavy (non-hydrogen) atoms. The first-order valence-electron chi connectivity index (χ1n) is 4.33. The van der Waals surface area contributed by atoms with Crippen molar-refractivity contribution in [2.45, 2.75) is 6.04 Å². The van der Waals surface area contributed by atoms with Gasteiger partial charge in [-0.2, -0.15) is 0 Å². The third-order valence-corrected chi connectivity index (χ3v) is 1.75. The van der Waals surface area contributed by atoms with Gasteiger partial charge in [-0.1, -0.05) is 30.3 Å². The summed E-state index contributed by atoms with van der Waals surface area (Å²) >= 11 is 0. The van der Waals surface area contributed by atoms with Crippen molar-refractivity contribution in [2.75, 3.05) is 13.2 Å². The molecular formula is C10H13NO3. The number of esters is 1. The summed E-state index contributed by atoms with van der Waals surface area (Å²) < 4.78 is 4.69. The van der Waals surface area contributed by atoms with Crippen LogP contribution >= 0.6 is 0 Å². The number of aliphatic hydroxyl groups excluding tert-OH is 1. The van der Waals surface area contributed by atoms with Gasteiger partial charge in [-0.25, -0.2) is 4.79 Å². The van der Waals surface area contributed by atoms with Crippen LogP contribution in [0.4, 0.5) is 0 Å². The number of carbonyl (C=O) groups is 1. The summed E-state index contributed by atoms with van der Waals surface area (Å²) in [6.07, 6.45) is 0. The molecule has 0 aliphatic carbocycles. The van der Waals surface area contributed by atoms with Crippen LogP contribution in [0.1, 0.15) is 11.6 Å². The van der Waals surface area contributed by atoms with E-state index in [-0.39, 0.29) is 13.2 Å². The van der Waals surface area contributed by atoms with Crippen molar-refractivity contribution in [2.24, 2.45) is 5.73 Å². The minimum absolute atomic E-state index is 0.0145. The van der Waals surface area contributed by atoms with Crippen molar-refractivity contribution < 1.29 is 14.6 Å². The molecule has 0 aromatic heterocycles. The predicted octanol–water partition coefficient (Wildman–Crippen LogP) is 0.222. The van der Waals surface area contributed by atoms with Crippen LogP contribution in [-0.2, 0) is 9.53 Å². The molecule has 0 radical (unpaired) electrons. The summed E-state index contributed by atoms with van der Waals surface area (Å²) in [6.45, 7) is -0.202. The molecule has 0 spiro atoms. The number of nitrogens with two attached hydrogens (primary N) is 1. The zero-order chi connectivity index (χ0) is 10.4. The number of benzene rings is 1. The van der Waals surface area contributed by atoms with E-state index >= 15 is 0 Å². The molecule has 4 heteroatoms. The van der Waals surface area contributed by atoms with E-state index in [1.54, 1.807) is 24.3 Å². The topological polar surface area (TPSA) is 72.6 Å². The number of rotatable bonds is 4. The molecule has 0 aliphatic heterocycles. The van der Waals surface area contributed by atoms with Crippen molar-refractivity contribution in [1.29, 1.82) is 0 Å². The average Bonchev–Trinajstić information content (AvgIpc) is 2.26. The second kappa shape index (κ2) is 5.36. The average molecular weight is 195 g/mol. The lowest BCUT2D eigenvalue weighted by Crippen LogP contribution is -2.24. The highest BCUT2D eigenvalue weighted by atomic mass is 16.5. The Kier molecular flexibility index (Phi) is 4.10. The lowest BCUT2D eigenvalue weighted by Gasteiger charge is -2.10. The Morgan fingerprint density at radius 2 is 2.07 bits per heavy atom. The molecule has 0 heterocycles. The fraction of sp³-hybridized carbons (Fsp3) is 0.300. The summed E-state index contributed by atoms with van der Waals surface area (Å²) in [6, 6.07) is 8.18. The second-order valence-electron chi connectivity index (χ2n) is 2.78. The first-order chi connectivity index (χ1) is 6.75. The van der Waals surface area contributed by atoms with E-state index in [2.05, 4.69) is 0 Å². The van der Waals surface area contributed by atoms with Crippen LogP contribution in [0, 0.1) is 0 Å².